The van der Waals surface area contributed by atoms with E-state index in [4.69, 9.17) is 0 Å². The Morgan fingerprint density at radius 3 is 3.00 bits per heavy atom. The highest BCUT2D eigenvalue weighted by molar-refractivity contribution is 5.92. The average Bonchev–Trinajstić information content (AvgIpc) is 2.83. The van der Waals surface area contributed by atoms with E-state index in [0.717, 1.165) is 19.5 Å². The van der Waals surface area contributed by atoms with Gasteiger partial charge in [-0.2, -0.15) is 4.39 Å². The Labute approximate surface area is 98.8 Å². The fourth-order valence-corrected chi connectivity index (χ4v) is 1.79. The number of anilines is 1. The molecule has 1 amide bonds. The average molecular weight is 238 g/mol. The maximum atomic E-state index is 13.6. The van der Waals surface area contributed by atoms with Crippen LogP contribution in [0.15, 0.2) is 12.1 Å². The summed E-state index contributed by atoms with van der Waals surface area (Å²) >= 11 is 0. The molecular weight excluding hydrogens is 223 g/mol. The number of hydrogen-bond acceptors (Lipinski definition) is 4. The van der Waals surface area contributed by atoms with Crippen molar-refractivity contribution in [2.24, 2.45) is 0 Å². The molecule has 1 atom stereocenters. The number of halogens is 1. The Bertz CT molecular complexity index is 418. The molecular formula is C11H15FN4O. The smallest absolute Gasteiger partial charge is 0.269 e. The Hall–Kier alpha value is -1.69. The highest BCUT2D eigenvalue weighted by atomic mass is 19.1. The van der Waals surface area contributed by atoms with Crippen molar-refractivity contribution in [1.29, 1.82) is 0 Å². The van der Waals surface area contributed by atoms with Crippen LogP contribution in [0.3, 0.4) is 0 Å². The number of rotatable bonds is 3. The van der Waals surface area contributed by atoms with Crippen LogP contribution in [0.1, 0.15) is 16.9 Å². The normalized spacial score (nSPS) is 19.1. The van der Waals surface area contributed by atoms with E-state index in [1.54, 1.807) is 6.07 Å². The van der Waals surface area contributed by atoms with Gasteiger partial charge in [0, 0.05) is 19.6 Å². The fraction of sp³-hybridized carbons (Fsp3) is 0.455. The van der Waals surface area contributed by atoms with Gasteiger partial charge in [-0.1, -0.05) is 0 Å². The zero-order valence-corrected chi connectivity index (χ0v) is 9.59. The molecule has 0 aliphatic carbocycles. The second-order valence-corrected chi connectivity index (χ2v) is 3.95. The summed E-state index contributed by atoms with van der Waals surface area (Å²) in [5.74, 6) is -1.03. The quantitative estimate of drug-likeness (QED) is 0.665. The molecule has 1 fully saturated rings. The van der Waals surface area contributed by atoms with Gasteiger partial charge in [0.1, 0.15) is 5.69 Å². The van der Waals surface area contributed by atoms with E-state index in [1.165, 1.54) is 13.1 Å². The number of aromatic nitrogens is 1. The molecule has 0 bridgehead atoms. The van der Waals surface area contributed by atoms with Crippen LogP contribution in [0.4, 0.5) is 10.1 Å². The van der Waals surface area contributed by atoms with Gasteiger partial charge < -0.3 is 16.0 Å². The molecule has 1 aliphatic heterocycles. The minimum atomic E-state index is -0.641. The van der Waals surface area contributed by atoms with Crippen molar-refractivity contribution < 1.29 is 9.18 Å². The Kier molecular flexibility index (Phi) is 3.53. The summed E-state index contributed by atoms with van der Waals surface area (Å²) in [7, 11) is 1.48. The summed E-state index contributed by atoms with van der Waals surface area (Å²) in [6.45, 7) is 1.75. The molecule has 5 nitrogen and oxygen atoms in total. The number of hydrogen-bond donors (Lipinski definition) is 3. The first-order valence-corrected chi connectivity index (χ1v) is 5.56. The van der Waals surface area contributed by atoms with Crippen LogP contribution in [-0.2, 0) is 0 Å². The molecule has 0 saturated carbocycles. The molecule has 2 rings (SSSR count). The third-order valence-electron chi connectivity index (χ3n) is 2.73. The number of nitrogens with one attached hydrogen (secondary N) is 3. The molecule has 3 N–H and O–H groups in total. The molecule has 1 aromatic rings. The van der Waals surface area contributed by atoms with Gasteiger partial charge in [-0.15, -0.1) is 0 Å². The van der Waals surface area contributed by atoms with Crippen LogP contribution in [0.2, 0.25) is 0 Å². The molecule has 17 heavy (non-hydrogen) atoms. The Morgan fingerprint density at radius 2 is 2.41 bits per heavy atom. The summed E-state index contributed by atoms with van der Waals surface area (Å²) in [6, 6.07) is 3.27. The van der Waals surface area contributed by atoms with E-state index < -0.39 is 11.9 Å². The highest BCUT2D eigenvalue weighted by Gasteiger charge is 2.17. The van der Waals surface area contributed by atoms with Gasteiger partial charge in [-0.05, 0) is 25.1 Å². The Balaban J connectivity index is 2.10. The van der Waals surface area contributed by atoms with E-state index >= 15 is 0 Å². The zero-order valence-electron chi connectivity index (χ0n) is 9.59. The van der Waals surface area contributed by atoms with E-state index in [9.17, 15) is 9.18 Å². The summed E-state index contributed by atoms with van der Waals surface area (Å²) in [5.41, 5.74) is 0.423. The lowest BCUT2D eigenvalue weighted by molar-refractivity contribution is 0.0957. The van der Waals surface area contributed by atoms with Gasteiger partial charge in [0.25, 0.3) is 5.91 Å². The molecule has 0 spiro atoms. The zero-order chi connectivity index (χ0) is 12.3. The van der Waals surface area contributed by atoms with Crippen LogP contribution in [0, 0.1) is 5.95 Å². The van der Waals surface area contributed by atoms with Crippen molar-refractivity contribution in [2.75, 3.05) is 25.5 Å². The number of carbonyl (C=O) groups excluding carboxylic acids is 1. The lowest BCUT2D eigenvalue weighted by Gasteiger charge is -2.13. The summed E-state index contributed by atoms with van der Waals surface area (Å²) < 4.78 is 13.6. The molecule has 1 saturated heterocycles. The summed E-state index contributed by atoms with van der Waals surface area (Å²) in [5, 5.41) is 8.65. The summed E-state index contributed by atoms with van der Waals surface area (Å²) in [4.78, 5) is 14.9. The SMILES string of the molecule is CNC(=O)c1ccc(N[C@H]2CCNC2)c(F)n1. The summed E-state index contributed by atoms with van der Waals surface area (Å²) in [6.07, 6.45) is 0.955. The second-order valence-electron chi connectivity index (χ2n) is 3.95. The van der Waals surface area contributed by atoms with Crippen molar-refractivity contribution in [2.45, 2.75) is 12.5 Å². The van der Waals surface area contributed by atoms with Gasteiger partial charge in [0.15, 0.2) is 0 Å². The third kappa shape index (κ3) is 2.71. The van der Waals surface area contributed by atoms with E-state index in [1.807, 2.05) is 0 Å². The van der Waals surface area contributed by atoms with Crippen LogP contribution < -0.4 is 16.0 Å². The molecule has 6 heteroatoms. The van der Waals surface area contributed by atoms with E-state index in [2.05, 4.69) is 20.9 Å². The van der Waals surface area contributed by atoms with Crippen LogP contribution in [0.25, 0.3) is 0 Å². The van der Waals surface area contributed by atoms with Crippen molar-refractivity contribution >= 4 is 11.6 Å². The van der Waals surface area contributed by atoms with Crippen LogP contribution >= 0.6 is 0 Å². The maximum Gasteiger partial charge on any atom is 0.269 e. The minimum Gasteiger partial charge on any atom is -0.377 e. The Morgan fingerprint density at radius 1 is 1.59 bits per heavy atom. The van der Waals surface area contributed by atoms with Gasteiger partial charge >= 0.3 is 0 Å². The fourth-order valence-electron chi connectivity index (χ4n) is 1.79. The largest absolute Gasteiger partial charge is 0.377 e. The van der Waals surface area contributed by atoms with Crippen LogP contribution in [0.5, 0.6) is 0 Å². The lowest BCUT2D eigenvalue weighted by Crippen LogP contribution is -2.24. The first kappa shape index (κ1) is 11.8. The maximum absolute atomic E-state index is 13.6. The van der Waals surface area contributed by atoms with Crippen molar-refractivity contribution in [3.63, 3.8) is 0 Å². The first-order valence-electron chi connectivity index (χ1n) is 5.56. The molecule has 92 valence electrons. The third-order valence-corrected chi connectivity index (χ3v) is 2.73. The predicted molar refractivity (Wildman–Crippen MR) is 62.5 cm³/mol. The molecule has 0 aromatic carbocycles. The topological polar surface area (TPSA) is 66.1 Å². The van der Waals surface area contributed by atoms with E-state index in [0.29, 0.717) is 5.69 Å². The van der Waals surface area contributed by atoms with Gasteiger partial charge in [0.05, 0.1) is 5.69 Å². The minimum absolute atomic E-state index is 0.0834. The number of carbonyl (C=O) groups is 1. The van der Waals surface area contributed by atoms with Gasteiger partial charge in [-0.25, -0.2) is 4.98 Å². The number of nitrogens with zero attached hydrogens (tertiary/aromatic N) is 1. The lowest BCUT2D eigenvalue weighted by atomic mass is 10.2. The molecule has 0 unspecified atom stereocenters. The predicted octanol–water partition coefficient (Wildman–Crippen LogP) is 0.354. The molecule has 0 radical (unpaired) electrons. The van der Waals surface area contributed by atoms with Crippen LogP contribution in [-0.4, -0.2) is 37.1 Å². The van der Waals surface area contributed by atoms with Crippen molar-refractivity contribution in [1.82, 2.24) is 15.6 Å². The second kappa shape index (κ2) is 5.09. The van der Waals surface area contributed by atoms with Crippen molar-refractivity contribution in [3.8, 4) is 0 Å². The molecule has 2 heterocycles. The number of pyridine rings is 1. The molecule has 1 aliphatic rings. The highest BCUT2D eigenvalue weighted by Crippen LogP contribution is 2.15. The number of amides is 1. The van der Waals surface area contributed by atoms with Crippen molar-refractivity contribution in [3.05, 3.63) is 23.8 Å². The van der Waals surface area contributed by atoms with E-state index in [-0.39, 0.29) is 11.7 Å². The van der Waals surface area contributed by atoms with Gasteiger partial charge in [0.2, 0.25) is 5.95 Å². The monoisotopic (exact) mass is 238 g/mol. The standard InChI is InChI=1S/C11H15FN4O/c1-13-11(17)9-3-2-8(10(12)16-9)15-7-4-5-14-6-7/h2-3,7,14-15H,4-6H2,1H3,(H,13,17)/t7-/m0/s1. The van der Waals surface area contributed by atoms with Gasteiger partial charge in [-0.3, -0.25) is 4.79 Å². The molecule has 1 aromatic heterocycles. The first-order chi connectivity index (χ1) is 8.20.